The molecule has 5 rings (SSSR count). The Hall–Kier alpha value is -5.11. The van der Waals surface area contributed by atoms with Crippen LogP contribution in [-0.4, -0.2) is 70.8 Å². The lowest BCUT2D eigenvalue weighted by Crippen LogP contribution is -2.59. The van der Waals surface area contributed by atoms with E-state index in [-0.39, 0.29) is 36.3 Å². The van der Waals surface area contributed by atoms with Crippen molar-refractivity contribution in [1.29, 1.82) is 0 Å². The number of aromatic nitrogens is 3. The van der Waals surface area contributed by atoms with Gasteiger partial charge in [0, 0.05) is 50.3 Å². The van der Waals surface area contributed by atoms with Crippen LogP contribution in [0.1, 0.15) is 13.8 Å². The number of methoxy groups -OCH3 is 1. The lowest BCUT2D eigenvalue weighted by atomic mass is 10.0. The summed E-state index contributed by atoms with van der Waals surface area (Å²) in [5.41, 5.74) is 0.643. The first-order valence-corrected chi connectivity index (χ1v) is 13.4. The Morgan fingerprint density at radius 2 is 1.91 bits per heavy atom. The van der Waals surface area contributed by atoms with Crippen molar-refractivity contribution in [2.24, 2.45) is 5.92 Å². The molecule has 224 valence electrons. The van der Waals surface area contributed by atoms with Gasteiger partial charge in [-0.3, -0.25) is 14.7 Å². The fourth-order valence-corrected chi connectivity index (χ4v) is 4.70. The fraction of sp³-hybridized carbons (Fsp3) is 0.276. The molecular formula is C29H29F2N7O5. The maximum absolute atomic E-state index is 15.2. The van der Waals surface area contributed by atoms with Gasteiger partial charge in [0.05, 0.1) is 12.3 Å². The number of benzene rings is 2. The van der Waals surface area contributed by atoms with Gasteiger partial charge >= 0.3 is 6.03 Å². The van der Waals surface area contributed by atoms with Crippen LogP contribution < -0.4 is 20.3 Å². The first-order chi connectivity index (χ1) is 20.7. The normalized spacial score (nSPS) is 16.0. The van der Waals surface area contributed by atoms with Crippen LogP contribution in [0.5, 0.6) is 11.5 Å². The predicted molar refractivity (Wildman–Crippen MR) is 154 cm³/mol. The molecule has 0 radical (unpaired) electrons. The second kappa shape index (κ2) is 12.4. The number of nitrogens with zero attached hydrogens (tertiary/aromatic N) is 4. The number of hydrogen-bond donors (Lipinski definition) is 3. The van der Waals surface area contributed by atoms with Gasteiger partial charge in [-0.15, -0.1) is 0 Å². The fourth-order valence-electron chi connectivity index (χ4n) is 4.70. The predicted octanol–water partition coefficient (Wildman–Crippen LogP) is 4.52. The van der Waals surface area contributed by atoms with Crippen LogP contribution in [0.15, 0.2) is 54.7 Å². The molecule has 0 spiro atoms. The highest BCUT2D eigenvalue weighted by molar-refractivity contribution is 6.23. The number of pyridine rings is 1. The number of carbonyl (C=O) groups excluding carboxylic acids is 3. The van der Waals surface area contributed by atoms with E-state index in [0.717, 1.165) is 23.1 Å². The van der Waals surface area contributed by atoms with Gasteiger partial charge in [0.1, 0.15) is 22.9 Å². The Bertz CT molecular complexity index is 1660. The number of hydrogen-bond acceptors (Lipinski definition) is 8. The molecule has 4 amide bonds. The molecular weight excluding hydrogens is 564 g/mol. The highest BCUT2D eigenvalue weighted by Crippen LogP contribution is 2.35. The number of H-pyrrole nitrogens is 1. The Morgan fingerprint density at radius 1 is 1.14 bits per heavy atom. The van der Waals surface area contributed by atoms with E-state index in [2.05, 4.69) is 25.8 Å². The summed E-state index contributed by atoms with van der Waals surface area (Å²) in [7, 11) is 1.59. The molecule has 1 aliphatic heterocycles. The summed E-state index contributed by atoms with van der Waals surface area (Å²) in [6.45, 7) is 4.11. The summed E-state index contributed by atoms with van der Waals surface area (Å²) < 4.78 is 39.7. The molecule has 2 aromatic heterocycles. The molecule has 1 fully saturated rings. The third-order valence-electron chi connectivity index (χ3n) is 6.81. The van der Waals surface area contributed by atoms with Crippen LogP contribution in [0.2, 0.25) is 0 Å². The number of anilines is 3. The van der Waals surface area contributed by atoms with E-state index in [1.165, 1.54) is 35.4 Å². The molecule has 4 aromatic rings. The number of aromatic amines is 1. The Labute approximate surface area is 245 Å². The molecule has 3 heterocycles. The standard InChI is InChI=1S/C29H29F2N7O5/c1-4-37-14-20(28(40)38(29(37)41)19-8-5-17(30)6-9-19)27(39)34-18-7-10-22(21(31)13-18)43-23-11-12-32-25-24(23)26(36-35-25)33-16(2)15-42-3/h5-13,16,20H,4,14-15H2,1-3H3,(H,34,39)(H2,32,33,35,36)/t16-,20?/m0/s1. The van der Waals surface area contributed by atoms with Gasteiger partial charge in [0.25, 0.3) is 0 Å². The van der Waals surface area contributed by atoms with Crippen molar-refractivity contribution in [3.8, 4) is 11.5 Å². The van der Waals surface area contributed by atoms with Gasteiger partial charge in [-0.1, -0.05) is 0 Å². The molecule has 14 heteroatoms. The first kappa shape index (κ1) is 29.4. The minimum Gasteiger partial charge on any atom is -0.453 e. The number of urea groups is 1. The molecule has 2 atom stereocenters. The number of imide groups is 1. The number of fused-ring (bicyclic) bond motifs is 1. The maximum atomic E-state index is 15.2. The van der Waals surface area contributed by atoms with Crippen molar-refractivity contribution < 1.29 is 32.6 Å². The number of amides is 4. The van der Waals surface area contributed by atoms with Crippen molar-refractivity contribution >= 4 is 46.1 Å². The minimum absolute atomic E-state index is 0.0782. The Morgan fingerprint density at radius 3 is 2.60 bits per heavy atom. The number of nitrogens with one attached hydrogen (secondary N) is 3. The smallest absolute Gasteiger partial charge is 0.331 e. The topological polar surface area (TPSA) is 142 Å². The lowest BCUT2D eigenvalue weighted by molar-refractivity contribution is -0.132. The quantitative estimate of drug-likeness (QED) is 0.228. The monoisotopic (exact) mass is 593 g/mol. The van der Waals surface area contributed by atoms with Crippen molar-refractivity contribution in [3.63, 3.8) is 0 Å². The van der Waals surface area contributed by atoms with E-state index < -0.39 is 35.4 Å². The van der Waals surface area contributed by atoms with Crippen molar-refractivity contribution in [3.05, 3.63) is 66.4 Å². The second-order valence-corrected chi connectivity index (χ2v) is 9.87. The van der Waals surface area contributed by atoms with Crippen molar-refractivity contribution in [2.75, 3.05) is 42.3 Å². The van der Waals surface area contributed by atoms with E-state index in [1.807, 2.05) is 6.92 Å². The summed E-state index contributed by atoms with van der Waals surface area (Å²) in [5.74, 6) is -3.47. The molecule has 0 aliphatic carbocycles. The van der Waals surface area contributed by atoms with Gasteiger partial charge in [0.15, 0.2) is 23.0 Å². The average molecular weight is 594 g/mol. The highest BCUT2D eigenvalue weighted by Gasteiger charge is 2.43. The van der Waals surface area contributed by atoms with Crippen molar-refractivity contribution in [1.82, 2.24) is 20.1 Å². The molecule has 12 nitrogen and oxygen atoms in total. The number of ether oxygens (including phenoxy) is 2. The second-order valence-electron chi connectivity index (χ2n) is 9.87. The maximum Gasteiger partial charge on any atom is 0.331 e. The Balaban J connectivity index is 1.33. The van der Waals surface area contributed by atoms with Gasteiger partial charge in [-0.05, 0) is 50.2 Å². The van der Waals surface area contributed by atoms with Gasteiger partial charge in [0.2, 0.25) is 11.8 Å². The zero-order valence-corrected chi connectivity index (χ0v) is 23.6. The summed E-state index contributed by atoms with van der Waals surface area (Å²) >= 11 is 0. The lowest BCUT2D eigenvalue weighted by Gasteiger charge is -2.37. The first-order valence-electron chi connectivity index (χ1n) is 13.4. The molecule has 3 N–H and O–H groups in total. The van der Waals surface area contributed by atoms with Crippen LogP contribution >= 0.6 is 0 Å². The van der Waals surface area contributed by atoms with Crippen LogP contribution in [0, 0.1) is 17.6 Å². The van der Waals surface area contributed by atoms with Crippen LogP contribution in [0.25, 0.3) is 11.0 Å². The zero-order chi connectivity index (χ0) is 30.7. The SMILES string of the molecule is CCN1CC(C(=O)Nc2ccc(Oc3ccnc4[nH]nc(N[C@@H](C)COC)c34)c(F)c2)C(=O)N(c2ccc(F)cc2)C1=O. The van der Waals surface area contributed by atoms with Crippen LogP contribution in [0.3, 0.4) is 0 Å². The zero-order valence-electron chi connectivity index (χ0n) is 23.6. The van der Waals surface area contributed by atoms with E-state index in [9.17, 15) is 18.8 Å². The summed E-state index contributed by atoms with van der Waals surface area (Å²) in [5, 5.41) is 13.3. The van der Waals surface area contributed by atoms with E-state index in [4.69, 9.17) is 9.47 Å². The minimum atomic E-state index is -1.28. The number of carbonyl (C=O) groups is 3. The third-order valence-corrected chi connectivity index (χ3v) is 6.81. The molecule has 2 aromatic carbocycles. The van der Waals surface area contributed by atoms with Crippen molar-refractivity contribution in [2.45, 2.75) is 19.9 Å². The third kappa shape index (κ3) is 6.09. The molecule has 1 aliphatic rings. The largest absolute Gasteiger partial charge is 0.453 e. The molecule has 1 saturated heterocycles. The van der Waals surface area contributed by atoms with Gasteiger partial charge < -0.3 is 25.0 Å². The number of rotatable bonds is 10. The average Bonchev–Trinajstić information content (AvgIpc) is 3.39. The Kier molecular flexibility index (Phi) is 8.48. The van der Waals surface area contributed by atoms with E-state index in [1.54, 1.807) is 20.1 Å². The summed E-state index contributed by atoms with van der Waals surface area (Å²) in [6, 6.07) is 9.51. The van der Waals surface area contributed by atoms with E-state index >= 15 is 4.39 Å². The van der Waals surface area contributed by atoms with Gasteiger partial charge in [-0.2, -0.15) is 5.10 Å². The summed E-state index contributed by atoms with van der Waals surface area (Å²) in [6.07, 6.45) is 1.49. The molecule has 43 heavy (non-hydrogen) atoms. The van der Waals surface area contributed by atoms with E-state index in [0.29, 0.717) is 29.2 Å². The van der Waals surface area contributed by atoms with Gasteiger partial charge in [-0.25, -0.2) is 23.5 Å². The highest BCUT2D eigenvalue weighted by atomic mass is 19.1. The molecule has 1 unspecified atom stereocenters. The molecule has 0 bridgehead atoms. The molecule has 0 saturated carbocycles. The van der Waals surface area contributed by atoms with Crippen LogP contribution in [-0.2, 0) is 14.3 Å². The summed E-state index contributed by atoms with van der Waals surface area (Å²) in [4.78, 5) is 45.8. The number of halogens is 2. The van der Waals surface area contributed by atoms with Crippen LogP contribution in [0.4, 0.5) is 30.8 Å².